The second-order valence-corrected chi connectivity index (χ2v) is 8.79. The second kappa shape index (κ2) is 9.09. The lowest BCUT2D eigenvalue weighted by Gasteiger charge is -2.25. The lowest BCUT2D eigenvalue weighted by molar-refractivity contribution is -0.125. The van der Waals surface area contributed by atoms with Crippen LogP contribution in [-0.4, -0.2) is 53.3 Å². The number of likely N-dealkylation sites (tertiary alicyclic amines) is 2. The summed E-state index contributed by atoms with van der Waals surface area (Å²) in [5.41, 5.74) is 1.92. The fourth-order valence-electron chi connectivity index (χ4n) is 4.27. The number of halogens is 1. The maximum Gasteiger partial charge on any atom is 0.254 e. The molecular formula is C23H26BrN3O2. The lowest BCUT2D eigenvalue weighted by atomic mass is 10.1. The summed E-state index contributed by atoms with van der Waals surface area (Å²) in [6.45, 7) is 3.38. The van der Waals surface area contributed by atoms with Crippen molar-refractivity contribution < 1.29 is 9.59 Å². The molecule has 0 radical (unpaired) electrons. The average Bonchev–Trinajstić information content (AvgIpc) is 3.38. The van der Waals surface area contributed by atoms with Gasteiger partial charge in [0.15, 0.2) is 0 Å². The van der Waals surface area contributed by atoms with Crippen molar-refractivity contribution in [1.82, 2.24) is 15.1 Å². The highest BCUT2D eigenvalue weighted by Crippen LogP contribution is 2.22. The van der Waals surface area contributed by atoms with Gasteiger partial charge in [0.2, 0.25) is 5.91 Å². The van der Waals surface area contributed by atoms with Gasteiger partial charge in [0.05, 0.1) is 0 Å². The third kappa shape index (κ3) is 4.87. The molecule has 2 aromatic rings. The third-order valence-corrected chi connectivity index (χ3v) is 6.30. The number of hydrogen-bond acceptors (Lipinski definition) is 3. The molecule has 2 fully saturated rings. The fourth-order valence-corrected chi connectivity index (χ4v) is 4.54. The second-order valence-electron chi connectivity index (χ2n) is 7.88. The van der Waals surface area contributed by atoms with Crippen LogP contribution in [0.5, 0.6) is 0 Å². The Labute approximate surface area is 180 Å². The first kappa shape index (κ1) is 20.1. The molecule has 0 spiro atoms. The Morgan fingerprint density at radius 3 is 2.52 bits per heavy atom. The van der Waals surface area contributed by atoms with Gasteiger partial charge in [-0.3, -0.25) is 14.5 Å². The number of hydrogen-bond donors (Lipinski definition) is 1. The highest BCUT2D eigenvalue weighted by Gasteiger charge is 2.36. The van der Waals surface area contributed by atoms with E-state index >= 15 is 0 Å². The van der Waals surface area contributed by atoms with E-state index in [4.69, 9.17) is 0 Å². The van der Waals surface area contributed by atoms with Crippen molar-refractivity contribution in [3.05, 3.63) is 70.2 Å². The average molecular weight is 456 g/mol. The monoisotopic (exact) mass is 455 g/mol. The largest absolute Gasteiger partial charge is 0.350 e. The van der Waals surface area contributed by atoms with Gasteiger partial charge in [-0.1, -0.05) is 46.3 Å². The van der Waals surface area contributed by atoms with Crippen LogP contribution in [0.1, 0.15) is 35.2 Å². The van der Waals surface area contributed by atoms with Crippen molar-refractivity contribution in [2.75, 3.05) is 19.6 Å². The molecule has 6 heteroatoms. The molecule has 5 nitrogen and oxygen atoms in total. The van der Waals surface area contributed by atoms with E-state index in [1.54, 1.807) is 17.0 Å². The fraction of sp³-hybridized carbons (Fsp3) is 0.391. The van der Waals surface area contributed by atoms with Crippen LogP contribution in [0.4, 0.5) is 0 Å². The Balaban J connectivity index is 1.33. The summed E-state index contributed by atoms with van der Waals surface area (Å²) in [7, 11) is 0. The molecule has 2 amide bonds. The molecule has 29 heavy (non-hydrogen) atoms. The summed E-state index contributed by atoms with van der Waals surface area (Å²) in [5.74, 6) is -0.0770. The summed E-state index contributed by atoms with van der Waals surface area (Å²) in [6.07, 6.45) is 2.55. The Hall–Kier alpha value is -2.18. The van der Waals surface area contributed by atoms with Crippen LogP contribution in [0.2, 0.25) is 0 Å². The lowest BCUT2D eigenvalue weighted by Crippen LogP contribution is -2.49. The topological polar surface area (TPSA) is 52.7 Å². The minimum atomic E-state index is -0.366. The Kier molecular flexibility index (Phi) is 6.31. The smallest absolute Gasteiger partial charge is 0.254 e. The molecule has 2 atom stereocenters. The Bertz CT molecular complexity index is 856. The summed E-state index contributed by atoms with van der Waals surface area (Å²) in [4.78, 5) is 29.9. The molecule has 0 aliphatic carbocycles. The van der Waals surface area contributed by atoms with Crippen LogP contribution in [0.25, 0.3) is 0 Å². The van der Waals surface area contributed by atoms with Crippen molar-refractivity contribution >= 4 is 27.7 Å². The van der Waals surface area contributed by atoms with Gasteiger partial charge in [0.1, 0.15) is 6.04 Å². The maximum absolute atomic E-state index is 12.9. The SMILES string of the molecule is O=C(NC1CCN(Cc2ccccc2)C1)C1CCCN1C(=O)c1ccc(Br)cc1. The van der Waals surface area contributed by atoms with E-state index in [1.165, 1.54) is 5.56 Å². The maximum atomic E-state index is 12.9. The van der Waals surface area contributed by atoms with Gasteiger partial charge in [-0.25, -0.2) is 0 Å². The van der Waals surface area contributed by atoms with Crippen molar-refractivity contribution in [2.24, 2.45) is 0 Å². The van der Waals surface area contributed by atoms with Crippen LogP contribution < -0.4 is 5.32 Å². The number of rotatable bonds is 5. The molecule has 2 aromatic carbocycles. The molecule has 2 aliphatic heterocycles. The normalized spacial score (nSPS) is 22.0. The molecule has 0 aromatic heterocycles. The van der Waals surface area contributed by atoms with Gasteiger partial charge in [-0.15, -0.1) is 0 Å². The van der Waals surface area contributed by atoms with Gasteiger partial charge >= 0.3 is 0 Å². The number of carbonyl (C=O) groups is 2. The van der Waals surface area contributed by atoms with Crippen molar-refractivity contribution in [1.29, 1.82) is 0 Å². The quantitative estimate of drug-likeness (QED) is 0.750. The zero-order valence-electron chi connectivity index (χ0n) is 16.4. The third-order valence-electron chi connectivity index (χ3n) is 5.78. The first-order chi connectivity index (χ1) is 14.1. The molecule has 0 saturated carbocycles. The van der Waals surface area contributed by atoms with Crippen molar-refractivity contribution in [3.8, 4) is 0 Å². The minimum Gasteiger partial charge on any atom is -0.350 e. The molecule has 1 N–H and O–H groups in total. The molecule has 2 aliphatic rings. The number of benzene rings is 2. The van der Waals surface area contributed by atoms with Crippen LogP contribution in [0, 0.1) is 0 Å². The van der Waals surface area contributed by atoms with Gasteiger partial charge < -0.3 is 10.2 Å². The molecule has 4 rings (SSSR count). The highest BCUT2D eigenvalue weighted by atomic mass is 79.9. The molecule has 0 bridgehead atoms. The zero-order chi connectivity index (χ0) is 20.2. The number of carbonyl (C=O) groups excluding carboxylic acids is 2. The molecular weight excluding hydrogens is 430 g/mol. The van der Waals surface area contributed by atoms with Crippen LogP contribution in [0.15, 0.2) is 59.1 Å². The Morgan fingerprint density at radius 2 is 1.76 bits per heavy atom. The van der Waals surface area contributed by atoms with E-state index in [-0.39, 0.29) is 23.9 Å². The van der Waals surface area contributed by atoms with Crippen LogP contribution in [-0.2, 0) is 11.3 Å². The summed E-state index contributed by atoms with van der Waals surface area (Å²) in [6, 6.07) is 17.5. The van der Waals surface area contributed by atoms with E-state index in [2.05, 4.69) is 50.4 Å². The van der Waals surface area contributed by atoms with E-state index < -0.39 is 0 Å². The number of nitrogens with zero attached hydrogens (tertiary/aromatic N) is 2. The zero-order valence-corrected chi connectivity index (χ0v) is 18.0. The first-order valence-corrected chi connectivity index (χ1v) is 11.0. The van der Waals surface area contributed by atoms with Gasteiger partial charge in [-0.2, -0.15) is 0 Å². The molecule has 2 unspecified atom stereocenters. The molecule has 2 heterocycles. The van der Waals surface area contributed by atoms with Crippen LogP contribution >= 0.6 is 15.9 Å². The summed E-state index contributed by atoms with van der Waals surface area (Å²) < 4.78 is 0.936. The highest BCUT2D eigenvalue weighted by molar-refractivity contribution is 9.10. The Morgan fingerprint density at radius 1 is 1.00 bits per heavy atom. The summed E-state index contributed by atoms with van der Waals surface area (Å²) >= 11 is 3.39. The standard InChI is InChI=1S/C23H26BrN3O2/c24-19-10-8-18(9-11-19)23(29)27-13-4-7-21(27)22(28)25-20-12-14-26(16-20)15-17-5-2-1-3-6-17/h1-3,5-6,8-11,20-21H,4,7,12-16H2,(H,25,28). The molecule has 2 saturated heterocycles. The predicted molar refractivity (Wildman–Crippen MR) is 116 cm³/mol. The number of amides is 2. The molecule has 152 valence electrons. The predicted octanol–water partition coefficient (Wildman–Crippen LogP) is 3.44. The van der Waals surface area contributed by atoms with E-state index in [0.29, 0.717) is 12.1 Å². The van der Waals surface area contributed by atoms with Crippen molar-refractivity contribution in [2.45, 2.75) is 37.9 Å². The van der Waals surface area contributed by atoms with Crippen molar-refractivity contribution in [3.63, 3.8) is 0 Å². The van der Waals surface area contributed by atoms with Gasteiger partial charge in [-0.05, 0) is 49.1 Å². The first-order valence-electron chi connectivity index (χ1n) is 10.2. The van der Waals surface area contributed by atoms with E-state index in [9.17, 15) is 9.59 Å². The minimum absolute atomic E-state index is 0.0143. The van der Waals surface area contributed by atoms with Gasteiger partial charge in [0.25, 0.3) is 5.91 Å². The number of nitrogens with one attached hydrogen (secondary N) is 1. The summed E-state index contributed by atoms with van der Waals surface area (Å²) in [5, 5.41) is 3.20. The van der Waals surface area contributed by atoms with Gasteiger partial charge in [0, 0.05) is 42.3 Å². The van der Waals surface area contributed by atoms with E-state index in [1.807, 2.05) is 18.2 Å². The van der Waals surface area contributed by atoms with Crippen LogP contribution in [0.3, 0.4) is 0 Å². The van der Waals surface area contributed by atoms with E-state index in [0.717, 1.165) is 43.4 Å².